The fourth-order valence-electron chi connectivity index (χ4n) is 2.59. The van der Waals surface area contributed by atoms with Crippen molar-refractivity contribution in [1.29, 1.82) is 0 Å². The molecule has 0 radical (unpaired) electrons. The van der Waals surface area contributed by atoms with Crippen LogP contribution in [0.5, 0.6) is 0 Å². The number of carbonyl (C=O) groups excluding carboxylic acids is 2. The van der Waals surface area contributed by atoms with Crippen molar-refractivity contribution >= 4 is 39.5 Å². The summed E-state index contributed by atoms with van der Waals surface area (Å²) in [6.07, 6.45) is 1.22. The lowest BCUT2D eigenvalue weighted by atomic mass is 9.99. The maximum Gasteiger partial charge on any atom is 0.317 e. The van der Waals surface area contributed by atoms with E-state index in [1.165, 1.54) is 4.90 Å². The van der Waals surface area contributed by atoms with Crippen LogP contribution in [0.2, 0.25) is 0 Å². The molecule has 1 unspecified atom stereocenters. The van der Waals surface area contributed by atoms with Gasteiger partial charge in [-0.25, -0.2) is 4.79 Å². The van der Waals surface area contributed by atoms with E-state index >= 15 is 0 Å². The third-order valence-corrected chi connectivity index (χ3v) is 4.41. The average molecular weight is 398 g/mol. The number of benzene rings is 1. The minimum atomic E-state index is -0.893. The Kier molecular flexibility index (Phi) is 6.19. The van der Waals surface area contributed by atoms with Gasteiger partial charge in [0.25, 0.3) is 0 Å². The highest BCUT2D eigenvalue weighted by atomic mass is 79.9. The van der Waals surface area contributed by atoms with E-state index in [-0.39, 0.29) is 19.0 Å². The van der Waals surface area contributed by atoms with Crippen molar-refractivity contribution < 1.29 is 19.5 Å². The second-order valence-electron chi connectivity index (χ2n) is 5.79. The number of carboxylic acids is 1. The van der Waals surface area contributed by atoms with Crippen molar-refractivity contribution in [3.8, 4) is 0 Å². The van der Waals surface area contributed by atoms with Crippen LogP contribution in [-0.2, 0) is 9.59 Å². The number of rotatable bonds is 4. The van der Waals surface area contributed by atoms with E-state index in [1.54, 1.807) is 6.07 Å². The van der Waals surface area contributed by atoms with Gasteiger partial charge >= 0.3 is 12.0 Å². The molecule has 1 heterocycles. The summed E-state index contributed by atoms with van der Waals surface area (Å²) in [5.41, 5.74) is 1.59. The quantitative estimate of drug-likeness (QED) is 0.724. The molecule has 0 bridgehead atoms. The molecule has 0 spiro atoms. The molecular weight excluding hydrogens is 378 g/mol. The van der Waals surface area contributed by atoms with E-state index in [2.05, 4.69) is 26.6 Å². The van der Waals surface area contributed by atoms with E-state index in [1.807, 2.05) is 19.1 Å². The van der Waals surface area contributed by atoms with Gasteiger partial charge in [0.05, 0.1) is 12.5 Å². The van der Waals surface area contributed by atoms with Gasteiger partial charge in [0.1, 0.15) is 0 Å². The molecule has 0 aliphatic carbocycles. The van der Waals surface area contributed by atoms with Gasteiger partial charge in [-0.05, 0) is 43.5 Å². The van der Waals surface area contributed by atoms with Crippen LogP contribution in [0.3, 0.4) is 0 Å². The summed E-state index contributed by atoms with van der Waals surface area (Å²) in [4.78, 5) is 36.5. The van der Waals surface area contributed by atoms with E-state index < -0.39 is 17.9 Å². The summed E-state index contributed by atoms with van der Waals surface area (Å²) in [5.74, 6) is -1.76. The molecule has 1 saturated heterocycles. The standard InChI is InChI=1S/C16H20BrN3O4/c1-10-7-12(17)4-5-13(10)19-14(21)8-18-16(24)20-6-2-3-11(9-20)15(22)23/h4-5,7,11H,2-3,6,8-9H2,1H3,(H,18,24)(H,19,21)(H,22,23). The molecule has 3 N–H and O–H groups in total. The van der Waals surface area contributed by atoms with Gasteiger partial charge in [0.2, 0.25) is 5.91 Å². The maximum absolute atomic E-state index is 12.1. The Morgan fingerprint density at radius 3 is 2.79 bits per heavy atom. The summed E-state index contributed by atoms with van der Waals surface area (Å²) in [7, 11) is 0. The van der Waals surface area contributed by atoms with Gasteiger partial charge in [0.15, 0.2) is 0 Å². The number of likely N-dealkylation sites (tertiary alicyclic amines) is 1. The van der Waals surface area contributed by atoms with Gasteiger partial charge < -0.3 is 20.6 Å². The zero-order valence-electron chi connectivity index (χ0n) is 13.3. The highest BCUT2D eigenvalue weighted by Crippen LogP contribution is 2.20. The second-order valence-corrected chi connectivity index (χ2v) is 6.71. The number of amides is 3. The van der Waals surface area contributed by atoms with Gasteiger partial charge in [-0.15, -0.1) is 0 Å². The van der Waals surface area contributed by atoms with Crippen molar-refractivity contribution in [3.05, 3.63) is 28.2 Å². The van der Waals surface area contributed by atoms with E-state index in [0.29, 0.717) is 25.1 Å². The predicted octanol–water partition coefficient (Wildman–Crippen LogP) is 2.20. The number of hydrogen-bond acceptors (Lipinski definition) is 3. The number of halogens is 1. The summed E-state index contributed by atoms with van der Waals surface area (Å²) < 4.78 is 0.921. The van der Waals surface area contributed by atoms with Crippen LogP contribution >= 0.6 is 15.9 Å². The molecule has 0 saturated carbocycles. The number of aryl methyl sites for hydroxylation is 1. The van der Waals surface area contributed by atoms with Gasteiger partial charge in [-0.2, -0.15) is 0 Å². The molecule has 1 aromatic carbocycles. The summed E-state index contributed by atoms with van der Waals surface area (Å²) in [6, 6.07) is 5.07. The summed E-state index contributed by atoms with van der Waals surface area (Å²) >= 11 is 3.35. The second kappa shape index (κ2) is 8.14. The normalized spacial score (nSPS) is 17.2. The number of nitrogens with one attached hydrogen (secondary N) is 2. The van der Waals surface area contributed by atoms with Crippen molar-refractivity contribution in [1.82, 2.24) is 10.2 Å². The van der Waals surface area contributed by atoms with Crippen LogP contribution in [0.1, 0.15) is 18.4 Å². The lowest BCUT2D eigenvalue weighted by Crippen LogP contribution is -2.48. The van der Waals surface area contributed by atoms with Gasteiger partial charge in [-0.3, -0.25) is 9.59 Å². The van der Waals surface area contributed by atoms with Crippen LogP contribution < -0.4 is 10.6 Å². The van der Waals surface area contributed by atoms with E-state index in [0.717, 1.165) is 10.0 Å². The first-order chi connectivity index (χ1) is 11.4. The first-order valence-corrected chi connectivity index (χ1v) is 8.47. The SMILES string of the molecule is Cc1cc(Br)ccc1NC(=O)CNC(=O)N1CCCC(C(=O)O)C1. The van der Waals surface area contributed by atoms with E-state index in [9.17, 15) is 14.4 Å². The Balaban J connectivity index is 1.82. The Morgan fingerprint density at radius 1 is 1.38 bits per heavy atom. The molecule has 1 aliphatic heterocycles. The molecule has 1 fully saturated rings. The van der Waals surface area contributed by atoms with Gasteiger partial charge in [-0.1, -0.05) is 15.9 Å². The van der Waals surface area contributed by atoms with Crippen LogP contribution in [0.25, 0.3) is 0 Å². The first-order valence-electron chi connectivity index (χ1n) is 7.68. The molecule has 1 aromatic rings. The number of piperidine rings is 1. The number of urea groups is 1. The van der Waals surface area contributed by atoms with Crippen molar-refractivity contribution in [2.24, 2.45) is 5.92 Å². The number of hydrogen-bond donors (Lipinski definition) is 3. The zero-order chi connectivity index (χ0) is 17.7. The molecule has 8 heteroatoms. The molecule has 1 aliphatic rings. The minimum absolute atomic E-state index is 0.164. The maximum atomic E-state index is 12.1. The molecule has 3 amide bonds. The van der Waals surface area contributed by atoms with Crippen molar-refractivity contribution in [3.63, 3.8) is 0 Å². The molecule has 7 nitrogen and oxygen atoms in total. The van der Waals surface area contributed by atoms with Crippen LogP contribution in [0.15, 0.2) is 22.7 Å². The highest BCUT2D eigenvalue weighted by Gasteiger charge is 2.28. The average Bonchev–Trinajstić information content (AvgIpc) is 2.55. The van der Waals surface area contributed by atoms with Crippen LogP contribution in [0.4, 0.5) is 10.5 Å². The van der Waals surface area contributed by atoms with Crippen molar-refractivity contribution in [2.75, 3.05) is 25.0 Å². The summed E-state index contributed by atoms with van der Waals surface area (Å²) in [5, 5.41) is 14.3. The fourth-order valence-corrected chi connectivity index (χ4v) is 3.07. The number of anilines is 1. The molecule has 0 aromatic heterocycles. The number of carboxylic acid groups (broad SMARTS) is 1. The lowest BCUT2D eigenvalue weighted by Gasteiger charge is -2.30. The van der Waals surface area contributed by atoms with Crippen LogP contribution in [-0.4, -0.2) is 47.5 Å². The smallest absolute Gasteiger partial charge is 0.317 e. The third-order valence-electron chi connectivity index (χ3n) is 3.92. The Hall–Kier alpha value is -2.09. The van der Waals surface area contributed by atoms with Crippen molar-refractivity contribution in [2.45, 2.75) is 19.8 Å². The zero-order valence-corrected chi connectivity index (χ0v) is 14.9. The molecule has 130 valence electrons. The van der Waals surface area contributed by atoms with Crippen LogP contribution in [0, 0.1) is 12.8 Å². The topological polar surface area (TPSA) is 98.7 Å². The Bertz CT molecular complexity index is 650. The van der Waals surface area contributed by atoms with Gasteiger partial charge in [0, 0.05) is 23.2 Å². The third kappa shape index (κ3) is 4.95. The highest BCUT2D eigenvalue weighted by molar-refractivity contribution is 9.10. The molecule has 2 rings (SSSR count). The predicted molar refractivity (Wildman–Crippen MR) is 92.8 cm³/mol. The molecule has 24 heavy (non-hydrogen) atoms. The first kappa shape index (κ1) is 18.3. The minimum Gasteiger partial charge on any atom is -0.481 e. The molecule has 1 atom stereocenters. The number of aliphatic carboxylic acids is 1. The number of carbonyl (C=O) groups is 3. The fraction of sp³-hybridized carbons (Fsp3) is 0.438. The largest absolute Gasteiger partial charge is 0.481 e. The van der Waals surface area contributed by atoms with E-state index in [4.69, 9.17) is 5.11 Å². The monoisotopic (exact) mass is 397 g/mol. The molecular formula is C16H20BrN3O4. The Labute approximate surface area is 148 Å². The number of nitrogens with zero attached hydrogens (tertiary/aromatic N) is 1. The lowest BCUT2D eigenvalue weighted by molar-refractivity contribution is -0.143. The summed E-state index contributed by atoms with van der Waals surface area (Å²) in [6.45, 7) is 2.39. The Morgan fingerprint density at radius 2 is 2.12 bits per heavy atom.